The van der Waals surface area contributed by atoms with Gasteiger partial charge in [-0.25, -0.2) is 9.18 Å². The highest BCUT2D eigenvalue weighted by atomic mass is 32.2. The second kappa shape index (κ2) is 7.04. The molecule has 0 aliphatic heterocycles. The summed E-state index contributed by atoms with van der Waals surface area (Å²) in [5, 5.41) is 11.1. The first kappa shape index (κ1) is 15.9. The molecule has 0 saturated heterocycles. The van der Waals surface area contributed by atoms with E-state index in [1.807, 2.05) is 36.4 Å². The third-order valence-electron chi connectivity index (χ3n) is 4.07. The fraction of sp³-hybridized carbons (Fsp3) is 0.278. The van der Waals surface area contributed by atoms with Crippen LogP contribution >= 0.6 is 11.8 Å². The van der Waals surface area contributed by atoms with Crippen LogP contribution in [0, 0.1) is 5.82 Å². The number of carbonyl (C=O) groups is 1. The Kier molecular flexibility index (Phi) is 4.86. The van der Waals surface area contributed by atoms with Gasteiger partial charge in [0.05, 0.1) is 0 Å². The first-order valence-electron chi connectivity index (χ1n) is 7.65. The number of nitrogens with one attached hydrogen (secondary N) is 1. The second-order valence-electron chi connectivity index (χ2n) is 5.67. The van der Waals surface area contributed by atoms with Gasteiger partial charge in [0.1, 0.15) is 5.82 Å². The van der Waals surface area contributed by atoms with Crippen molar-refractivity contribution in [3.63, 3.8) is 0 Å². The number of amides is 1. The highest BCUT2D eigenvalue weighted by Gasteiger charge is 2.25. The smallest absolute Gasteiger partial charge is 0.404 e. The molecule has 5 heteroatoms. The normalized spacial score (nSPS) is 16.7. The van der Waals surface area contributed by atoms with Crippen molar-refractivity contribution < 1.29 is 14.3 Å². The number of aryl methyl sites for hydroxylation is 1. The maximum absolute atomic E-state index is 14.6. The van der Waals surface area contributed by atoms with Gasteiger partial charge in [-0.3, -0.25) is 0 Å². The zero-order chi connectivity index (χ0) is 16.2. The molecule has 3 rings (SSSR count). The highest BCUT2D eigenvalue weighted by molar-refractivity contribution is 7.99. The van der Waals surface area contributed by atoms with Gasteiger partial charge < -0.3 is 10.4 Å². The van der Waals surface area contributed by atoms with Crippen LogP contribution in [0.25, 0.3) is 0 Å². The molecule has 0 bridgehead atoms. The molecule has 0 saturated carbocycles. The summed E-state index contributed by atoms with van der Waals surface area (Å²) in [4.78, 5) is 12.7. The summed E-state index contributed by atoms with van der Waals surface area (Å²) in [6.07, 6.45) is 1.56. The van der Waals surface area contributed by atoms with Gasteiger partial charge >= 0.3 is 6.09 Å². The minimum Gasteiger partial charge on any atom is -0.465 e. The fourth-order valence-corrected chi connectivity index (χ4v) is 4.02. The van der Waals surface area contributed by atoms with Crippen molar-refractivity contribution in [3.8, 4) is 0 Å². The van der Waals surface area contributed by atoms with E-state index in [0.29, 0.717) is 5.56 Å². The zero-order valence-electron chi connectivity index (χ0n) is 12.6. The molecule has 0 aromatic heterocycles. The van der Waals surface area contributed by atoms with Gasteiger partial charge in [0.25, 0.3) is 0 Å². The molecule has 1 unspecified atom stereocenters. The molecule has 2 N–H and O–H groups in total. The second-order valence-corrected chi connectivity index (χ2v) is 6.82. The zero-order valence-corrected chi connectivity index (χ0v) is 13.4. The maximum atomic E-state index is 14.6. The van der Waals surface area contributed by atoms with Gasteiger partial charge in [0.15, 0.2) is 0 Å². The molecule has 2 aromatic rings. The number of hydrogen-bond donors (Lipinski definition) is 2. The van der Waals surface area contributed by atoms with E-state index in [1.54, 1.807) is 17.8 Å². The lowest BCUT2D eigenvalue weighted by Crippen LogP contribution is -2.29. The third kappa shape index (κ3) is 3.85. The van der Waals surface area contributed by atoms with Crippen LogP contribution in [-0.2, 0) is 6.42 Å². The molecule has 0 radical (unpaired) electrons. The predicted octanol–water partition coefficient (Wildman–Crippen LogP) is 4.66. The van der Waals surface area contributed by atoms with Crippen molar-refractivity contribution in [1.82, 2.24) is 5.32 Å². The Balaban J connectivity index is 1.85. The molecule has 1 atom stereocenters. The molecule has 1 aliphatic rings. The largest absolute Gasteiger partial charge is 0.465 e. The van der Waals surface area contributed by atoms with Crippen molar-refractivity contribution >= 4 is 17.9 Å². The number of fused-ring (bicyclic) bond motifs is 1. The van der Waals surface area contributed by atoms with Crippen LogP contribution in [0.4, 0.5) is 9.18 Å². The van der Waals surface area contributed by atoms with Crippen molar-refractivity contribution in [1.29, 1.82) is 0 Å². The Morgan fingerprint density at radius 3 is 2.78 bits per heavy atom. The third-order valence-corrected chi connectivity index (χ3v) is 5.05. The van der Waals surface area contributed by atoms with Gasteiger partial charge in [0, 0.05) is 22.3 Å². The number of benzene rings is 2. The van der Waals surface area contributed by atoms with Gasteiger partial charge in [-0.2, -0.15) is 0 Å². The van der Waals surface area contributed by atoms with E-state index in [2.05, 4.69) is 5.32 Å². The molecule has 23 heavy (non-hydrogen) atoms. The predicted molar refractivity (Wildman–Crippen MR) is 88.7 cm³/mol. The van der Waals surface area contributed by atoms with E-state index in [4.69, 9.17) is 5.11 Å². The highest BCUT2D eigenvalue weighted by Crippen LogP contribution is 2.37. The summed E-state index contributed by atoms with van der Waals surface area (Å²) in [7, 11) is 0. The average Bonchev–Trinajstić information content (AvgIpc) is 2.53. The van der Waals surface area contributed by atoms with Crippen LogP contribution in [0.3, 0.4) is 0 Å². The van der Waals surface area contributed by atoms with Crippen LogP contribution in [0.5, 0.6) is 0 Å². The Hall–Kier alpha value is -2.01. The summed E-state index contributed by atoms with van der Waals surface area (Å²) in [6.45, 7) is 0.268. The summed E-state index contributed by atoms with van der Waals surface area (Å²) in [5.74, 6) is -0.302. The lowest BCUT2D eigenvalue weighted by molar-refractivity contribution is 0.193. The Bertz CT molecular complexity index is 706. The van der Waals surface area contributed by atoms with Gasteiger partial charge in [0.2, 0.25) is 0 Å². The van der Waals surface area contributed by atoms with Crippen LogP contribution in [0.15, 0.2) is 52.3 Å². The molecule has 3 nitrogen and oxygen atoms in total. The minimum absolute atomic E-state index is 0.0781. The standard InChI is InChI=1S/C18H18FNO2S/c19-16-10-15(23-14-7-2-1-3-8-14)9-12-5-4-6-13(17(12)16)11-20-18(21)22/h1-3,7-10,13,20H,4-6,11H2,(H,21,22). The van der Waals surface area contributed by atoms with Crippen molar-refractivity contribution in [2.24, 2.45) is 0 Å². The molecule has 120 valence electrons. The lowest BCUT2D eigenvalue weighted by atomic mass is 9.82. The number of halogens is 1. The summed E-state index contributed by atoms with van der Waals surface area (Å²) in [5.41, 5.74) is 1.69. The molecule has 1 aliphatic carbocycles. The van der Waals surface area contributed by atoms with Crippen molar-refractivity contribution in [2.75, 3.05) is 6.54 Å². The fourth-order valence-electron chi connectivity index (χ4n) is 3.09. The summed E-state index contributed by atoms with van der Waals surface area (Å²) < 4.78 is 14.6. The number of carboxylic acid groups (broad SMARTS) is 1. The van der Waals surface area contributed by atoms with Crippen molar-refractivity contribution in [3.05, 3.63) is 59.4 Å². The molecule has 0 heterocycles. The molecule has 0 spiro atoms. The first-order valence-corrected chi connectivity index (χ1v) is 8.47. The van der Waals surface area contributed by atoms with Crippen LogP contribution in [0.1, 0.15) is 29.9 Å². The molecular formula is C18H18FNO2S. The van der Waals surface area contributed by atoms with E-state index in [1.165, 1.54) is 0 Å². The van der Waals surface area contributed by atoms with E-state index in [9.17, 15) is 9.18 Å². The molecule has 1 amide bonds. The van der Waals surface area contributed by atoms with Gasteiger partial charge in [-0.15, -0.1) is 0 Å². The summed E-state index contributed by atoms with van der Waals surface area (Å²) >= 11 is 1.54. The van der Waals surface area contributed by atoms with Gasteiger partial charge in [-0.1, -0.05) is 30.0 Å². The SMILES string of the molecule is O=C(O)NCC1CCCc2cc(Sc3ccccc3)cc(F)c21. The van der Waals surface area contributed by atoms with Crippen LogP contribution in [-0.4, -0.2) is 17.7 Å². The van der Waals surface area contributed by atoms with Gasteiger partial charge in [-0.05, 0) is 54.7 Å². The first-order chi connectivity index (χ1) is 11.1. The van der Waals surface area contributed by atoms with E-state index in [0.717, 1.165) is 34.6 Å². The average molecular weight is 331 g/mol. The van der Waals surface area contributed by atoms with Crippen molar-refractivity contribution in [2.45, 2.75) is 35.0 Å². The monoisotopic (exact) mass is 331 g/mol. The maximum Gasteiger partial charge on any atom is 0.404 e. The topological polar surface area (TPSA) is 49.3 Å². The number of rotatable bonds is 4. The Morgan fingerprint density at radius 1 is 1.26 bits per heavy atom. The lowest BCUT2D eigenvalue weighted by Gasteiger charge is -2.26. The van der Waals surface area contributed by atoms with E-state index in [-0.39, 0.29) is 18.3 Å². The molecule has 2 aromatic carbocycles. The van der Waals surface area contributed by atoms with E-state index < -0.39 is 6.09 Å². The summed E-state index contributed by atoms with van der Waals surface area (Å²) in [6, 6.07) is 13.5. The Morgan fingerprint density at radius 2 is 2.04 bits per heavy atom. The minimum atomic E-state index is -1.06. The molecular weight excluding hydrogens is 313 g/mol. The van der Waals surface area contributed by atoms with E-state index >= 15 is 0 Å². The Labute approximate surface area is 138 Å². The molecule has 0 fully saturated rings. The van der Waals surface area contributed by atoms with Crippen LogP contribution < -0.4 is 5.32 Å². The number of hydrogen-bond acceptors (Lipinski definition) is 2. The quantitative estimate of drug-likeness (QED) is 0.856. The van der Waals surface area contributed by atoms with Crippen LogP contribution in [0.2, 0.25) is 0 Å².